The van der Waals surface area contributed by atoms with Gasteiger partial charge in [-0.25, -0.2) is 0 Å². The fraction of sp³-hybridized carbons (Fsp3) is 1.00. The molecule has 3 heteroatoms. The molecule has 0 spiro atoms. The summed E-state index contributed by atoms with van der Waals surface area (Å²) in [6.45, 7) is 9.42. The van der Waals surface area contributed by atoms with Crippen molar-refractivity contribution in [2.45, 2.75) is 45.8 Å². The summed E-state index contributed by atoms with van der Waals surface area (Å²) in [7, 11) is 4.18. The first-order valence-corrected chi connectivity index (χ1v) is 6.04. The molecule has 0 aliphatic carbocycles. The first kappa shape index (κ1) is 14.9. The highest BCUT2D eigenvalue weighted by molar-refractivity contribution is 4.63. The van der Waals surface area contributed by atoms with E-state index in [-0.39, 0.29) is 0 Å². The van der Waals surface area contributed by atoms with Gasteiger partial charge in [-0.2, -0.15) is 0 Å². The molecule has 3 nitrogen and oxygen atoms in total. The van der Waals surface area contributed by atoms with Gasteiger partial charge in [0.1, 0.15) is 0 Å². The second-order valence-electron chi connectivity index (χ2n) is 4.49. The van der Waals surface area contributed by atoms with Gasteiger partial charge in [0.15, 0.2) is 0 Å². The van der Waals surface area contributed by atoms with Gasteiger partial charge in [-0.05, 0) is 54.3 Å². The van der Waals surface area contributed by atoms with Crippen molar-refractivity contribution < 1.29 is 4.74 Å². The Morgan fingerprint density at radius 2 is 1.93 bits per heavy atom. The zero-order valence-corrected chi connectivity index (χ0v) is 11.0. The summed E-state index contributed by atoms with van der Waals surface area (Å²) in [5.74, 6) is 0. The van der Waals surface area contributed by atoms with Crippen molar-refractivity contribution in [3.63, 3.8) is 0 Å². The Morgan fingerprint density at radius 1 is 1.27 bits per heavy atom. The molecule has 0 aliphatic rings. The molecule has 1 unspecified atom stereocenters. The van der Waals surface area contributed by atoms with Crippen molar-refractivity contribution in [2.24, 2.45) is 0 Å². The number of hydrogen-bond donors (Lipinski definition) is 1. The largest absolute Gasteiger partial charge is 0.377 e. The third-order valence-corrected chi connectivity index (χ3v) is 2.70. The van der Waals surface area contributed by atoms with Gasteiger partial charge in [0.2, 0.25) is 0 Å². The van der Waals surface area contributed by atoms with Gasteiger partial charge in [0.05, 0.1) is 12.7 Å². The molecule has 0 radical (unpaired) electrons. The van der Waals surface area contributed by atoms with E-state index in [1.54, 1.807) is 0 Å². The molecular formula is C12H28N2O. The van der Waals surface area contributed by atoms with E-state index < -0.39 is 0 Å². The Hall–Kier alpha value is -0.120. The molecule has 0 saturated carbocycles. The summed E-state index contributed by atoms with van der Waals surface area (Å²) in [4.78, 5) is 2.37. The molecule has 0 fully saturated rings. The highest BCUT2D eigenvalue weighted by Gasteiger charge is 2.08. The van der Waals surface area contributed by atoms with Gasteiger partial charge in [0.25, 0.3) is 0 Å². The van der Waals surface area contributed by atoms with Crippen LogP contribution in [0.25, 0.3) is 0 Å². The lowest BCUT2D eigenvalue weighted by atomic mass is 10.1. The molecule has 0 saturated heterocycles. The number of rotatable bonds is 9. The molecule has 15 heavy (non-hydrogen) atoms. The van der Waals surface area contributed by atoms with Crippen LogP contribution in [0.2, 0.25) is 0 Å². The Balaban J connectivity index is 3.46. The fourth-order valence-electron chi connectivity index (χ4n) is 1.45. The zero-order chi connectivity index (χ0) is 11.7. The molecule has 0 aromatic carbocycles. The van der Waals surface area contributed by atoms with Crippen molar-refractivity contribution in [2.75, 3.05) is 33.8 Å². The van der Waals surface area contributed by atoms with Crippen molar-refractivity contribution in [1.82, 2.24) is 10.2 Å². The van der Waals surface area contributed by atoms with E-state index in [1.807, 2.05) is 7.05 Å². The van der Waals surface area contributed by atoms with Gasteiger partial charge >= 0.3 is 0 Å². The predicted molar refractivity (Wildman–Crippen MR) is 66.3 cm³/mol. The number of nitrogens with one attached hydrogen (secondary N) is 1. The lowest BCUT2D eigenvalue weighted by Gasteiger charge is -2.25. The second-order valence-corrected chi connectivity index (χ2v) is 4.49. The van der Waals surface area contributed by atoms with E-state index in [2.05, 4.69) is 38.0 Å². The second kappa shape index (κ2) is 9.13. The van der Waals surface area contributed by atoms with E-state index in [4.69, 9.17) is 4.74 Å². The normalized spacial score (nSPS) is 13.8. The van der Waals surface area contributed by atoms with Crippen LogP contribution in [0.4, 0.5) is 0 Å². The molecule has 1 atom stereocenters. The van der Waals surface area contributed by atoms with Crippen LogP contribution in [0, 0.1) is 0 Å². The van der Waals surface area contributed by atoms with E-state index in [0.29, 0.717) is 12.1 Å². The molecule has 0 aromatic heterocycles. The van der Waals surface area contributed by atoms with E-state index in [1.165, 1.54) is 12.8 Å². The standard InChI is InChI=1S/C12H28N2O/c1-11(2)15-10-9-14(5)12(3)7-6-8-13-4/h11-13H,6-10H2,1-5H3. The number of hydrogen-bond acceptors (Lipinski definition) is 3. The molecule has 0 bridgehead atoms. The van der Waals surface area contributed by atoms with Gasteiger partial charge in [-0.3, -0.25) is 0 Å². The summed E-state index contributed by atoms with van der Waals surface area (Å²) < 4.78 is 5.53. The monoisotopic (exact) mass is 216 g/mol. The van der Waals surface area contributed by atoms with Crippen LogP contribution >= 0.6 is 0 Å². The van der Waals surface area contributed by atoms with E-state index in [0.717, 1.165) is 19.7 Å². The van der Waals surface area contributed by atoms with Crippen LogP contribution in [-0.4, -0.2) is 50.8 Å². The minimum atomic E-state index is 0.345. The average molecular weight is 216 g/mol. The third kappa shape index (κ3) is 8.85. The van der Waals surface area contributed by atoms with Crippen molar-refractivity contribution >= 4 is 0 Å². The Kier molecular flexibility index (Phi) is 9.06. The van der Waals surface area contributed by atoms with Gasteiger partial charge in [-0.15, -0.1) is 0 Å². The summed E-state index contributed by atoms with van der Waals surface area (Å²) >= 11 is 0. The molecule has 1 N–H and O–H groups in total. The van der Waals surface area contributed by atoms with Crippen LogP contribution in [-0.2, 0) is 4.74 Å². The molecule has 0 rings (SSSR count). The lowest BCUT2D eigenvalue weighted by molar-refractivity contribution is 0.0564. The maximum Gasteiger partial charge on any atom is 0.0596 e. The summed E-state index contributed by atoms with van der Waals surface area (Å²) in [5.41, 5.74) is 0. The van der Waals surface area contributed by atoms with Crippen molar-refractivity contribution in [3.8, 4) is 0 Å². The summed E-state index contributed by atoms with van der Waals surface area (Å²) in [5, 5.41) is 3.18. The average Bonchev–Trinajstić information content (AvgIpc) is 2.17. The van der Waals surface area contributed by atoms with Gasteiger partial charge in [-0.1, -0.05) is 0 Å². The number of nitrogens with zero attached hydrogens (tertiary/aromatic N) is 1. The van der Waals surface area contributed by atoms with Gasteiger partial charge in [0, 0.05) is 12.6 Å². The third-order valence-electron chi connectivity index (χ3n) is 2.70. The van der Waals surface area contributed by atoms with Crippen LogP contribution in [0.5, 0.6) is 0 Å². The zero-order valence-electron chi connectivity index (χ0n) is 11.0. The van der Waals surface area contributed by atoms with Crippen molar-refractivity contribution in [3.05, 3.63) is 0 Å². The predicted octanol–water partition coefficient (Wildman–Crippen LogP) is 1.73. The molecule has 0 aromatic rings. The quantitative estimate of drug-likeness (QED) is 0.594. The van der Waals surface area contributed by atoms with Gasteiger partial charge < -0.3 is 15.0 Å². The smallest absolute Gasteiger partial charge is 0.0596 e. The Morgan fingerprint density at radius 3 is 2.47 bits per heavy atom. The first-order valence-electron chi connectivity index (χ1n) is 6.04. The maximum absolute atomic E-state index is 5.53. The van der Waals surface area contributed by atoms with E-state index in [9.17, 15) is 0 Å². The highest BCUT2D eigenvalue weighted by Crippen LogP contribution is 2.03. The van der Waals surface area contributed by atoms with Crippen LogP contribution in [0.1, 0.15) is 33.6 Å². The Bertz CT molecular complexity index is 140. The summed E-state index contributed by atoms with van der Waals surface area (Å²) in [6, 6.07) is 0.647. The van der Waals surface area contributed by atoms with Crippen LogP contribution in [0.3, 0.4) is 0 Å². The molecule has 0 heterocycles. The SMILES string of the molecule is CNCCCC(C)N(C)CCOC(C)C. The molecular weight excluding hydrogens is 188 g/mol. The van der Waals surface area contributed by atoms with Crippen molar-refractivity contribution in [1.29, 1.82) is 0 Å². The summed E-state index contributed by atoms with van der Waals surface area (Å²) in [6.07, 6.45) is 2.84. The topological polar surface area (TPSA) is 24.5 Å². The minimum Gasteiger partial charge on any atom is -0.377 e. The first-order chi connectivity index (χ1) is 7.07. The minimum absolute atomic E-state index is 0.345. The Labute approximate surface area is 95.2 Å². The van der Waals surface area contributed by atoms with Crippen LogP contribution < -0.4 is 5.32 Å². The fourth-order valence-corrected chi connectivity index (χ4v) is 1.45. The molecule has 0 aliphatic heterocycles. The van der Waals surface area contributed by atoms with E-state index >= 15 is 0 Å². The number of likely N-dealkylation sites (N-methyl/N-ethyl adjacent to an activating group) is 1. The molecule has 92 valence electrons. The van der Waals surface area contributed by atoms with Crippen LogP contribution in [0.15, 0.2) is 0 Å². The number of ether oxygens (including phenoxy) is 1. The molecule has 0 amide bonds. The lowest BCUT2D eigenvalue weighted by Crippen LogP contribution is -2.33. The maximum atomic E-state index is 5.53. The highest BCUT2D eigenvalue weighted by atomic mass is 16.5.